The van der Waals surface area contributed by atoms with Gasteiger partial charge in [0, 0.05) is 12.0 Å². The van der Waals surface area contributed by atoms with Crippen molar-refractivity contribution in [3.63, 3.8) is 0 Å². The average molecular weight is 388 g/mol. The fourth-order valence-corrected chi connectivity index (χ4v) is 2.99. The zero-order valence-corrected chi connectivity index (χ0v) is 17.6. The van der Waals surface area contributed by atoms with E-state index in [0.717, 1.165) is 11.5 Å². The van der Waals surface area contributed by atoms with Crippen molar-refractivity contribution in [2.75, 3.05) is 33.9 Å². The lowest BCUT2D eigenvalue weighted by molar-refractivity contribution is 0.0831. The van der Waals surface area contributed by atoms with Gasteiger partial charge in [-0.25, -0.2) is 0 Å². The molecule has 0 radical (unpaired) electrons. The monoisotopic (exact) mass is 387 g/mol. The Kier molecular flexibility index (Phi) is 7.87. The van der Waals surface area contributed by atoms with E-state index in [4.69, 9.17) is 9.47 Å². The third-order valence-corrected chi connectivity index (χ3v) is 4.66. The van der Waals surface area contributed by atoms with E-state index in [1.807, 2.05) is 43.3 Å². The maximum Gasteiger partial charge on any atom is 0.119 e. The summed E-state index contributed by atoms with van der Waals surface area (Å²) < 4.78 is 11.2. The Morgan fingerprint density at radius 2 is 1.25 bits per heavy atom. The number of likely N-dealkylation sites (N-methyl/N-ethyl adjacent to an activating group) is 1. The van der Waals surface area contributed by atoms with Gasteiger partial charge in [-0.05, 0) is 56.4 Å². The van der Waals surface area contributed by atoms with Gasteiger partial charge in [0.25, 0.3) is 0 Å². The zero-order chi connectivity index (χ0) is 20.7. The number of rotatable bonds is 10. The summed E-state index contributed by atoms with van der Waals surface area (Å²) in [4.78, 5) is 1.93. The highest BCUT2D eigenvalue weighted by atomic mass is 16.5. The Morgan fingerprint density at radius 1 is 0.821 bits per heavy atom. The maximum atomic E-state index is 9.91. The van der Waals surface area contributed by atoms with E-state index in [-0.39, 0.29) is 18.6 Å². The first-order valence-corrected chi connectivity index (χ1v) is 9.66. The molecular weight excluding hydrogens is 354 g/mol. The molecule has 0 aliphatic rings. The molecule has 2 rings (SSSR count). The van der Waals surface area contributed by atoms with E-state index in [2.05, 4.69) is 38.1 Å². The molecule has 0 heterocycles. The summed E-state index contributed by atoms with van der Waals surface area (Å²) in [6, 6.07) is 16.0. The Morgan fingerprint density at radius 3 is 1.64 bits per heavy atom. The van der Waals surface area contributed by atoms with Crippen LogP contribution in [0.2, 0.25) is 0 Å². The van der Waals surface area contributed by atoms with E-state index in [1.54, 1.807) is 6.92 Å². The molecule has 0 saturated carbocycles. The number of aliphatic hydroxyl groups is 2. The molecule has 28 heavy (non-hydrogen) atoms. The van der Waals surface area contributed by atoms with Crippen molar-refractivity contribution in [3.05, 3.63) is 59.7 Å². The molecule has 0 aliphatic carbocycles. The SMILES string of the molecule is CC(O)COc1ccc(C(C)(C)c2ccc(OCC(O)CN(C)C)cc2)cc1. The number of ether oxygens (including phenoxy) is 2. The van der Waals surface area contributed by atoms with Gasteiger partial charge in [-0.1, -0.05) is 38.1 Å². The van der Waals surface area contributed by atoms with E-state index in [0.29, 0.717) is 6.54 Å². The number of benzene rings is 2. The Labute approximate surface area is 168 Å². The standard InChI is InChI=1S/C23H33NO4/c1-17(25)15-27-21-10-6-18(7-11-21)23(2,3)19-8-12-22(13-9-19)28-16-20(26)14-24(4)5/h6-13,17,20,25-26H,14-16H2,1-5H3. The number of nitrogens with zero attached hydrogens (tertiary/aromatic N) is 1. The van der Waals surface area contributed by atoms with Gasteiger partial charge >= 0.3 is 0 Å². The van der Waals surface area contributed by atoms with Gasteiger partial charge in [-0.3, -0.25) is 0 Å². The summed E-state index contributed by atoms with van der Waals surface area (Å²) in [5, 5.41) is 19.2. The normalized spacial score (nSPS) is 14.0. The molecule has 0 saturated heterocycles. The van der Waals surface area contributed by atoms with Gasteiger partial charge in [0.2, 0.25) is 0 Å². The Bertz CT molecular complexity index is 708. The molecule has 5 heteroatoms. The molecule has 2 unspecified atom stereocenters. The molecule has 0 bridgehead atoms. The van der Waals surface area contributed by atoms with E-state index in [1.165, 1.54) is 11.1 Å². The minimum absolute atomic E-state index is 0.175. The zero-order valence-electron chi connectivity index (χ0n) is 17.6. The lowest BCUT2D eigenvalue weighted by atomic mass is 9.78. The highest BCUT2D eigenvalue weighted by molar-refractivity contribution is 5.41. The molecule has 5 nitrogen and oxygen atoms in total. The minimum atomic E-state index is -0.513. The Balaban J connectivity index is 2.01. The summed E-state index contributed by atoms with van der Waals surface area (Å²) in [5.74, 6) is 1.50. The van der Waals surface area contributed by atoms with Crippen LogP contribution in [0.4, 0.5) is 0 Å². The third kappa shape index (κ3) is 6.51. The van der Waals surface area contributed by atoms with Crippen molar-refractivity contribution in [1.29, 1.82) is 0 Å². The molecule has 2 atom stereocenters. The van der Waals surface area contributed by atoms with Crippen LogP contribution < -0.4 is 9.47 Å². The van der Waals surface area contributed by atoms with Crippen LogP contribution in [-0.4, -0.2) is 61.2 Å². The lowest BCUT2D eigenvalue weighted by Crippen LogP contribution is -2.30. The second-order valence-corrected chi connectivity index (χ2v) is 8.06. The summed E-state index contributed by atoms with van der Waals surface area (Å²) >= 11 is 0. The van der Waals surface area contributed by atoms with Crippen LogP contribution in [0.5, 0.6) is 11.5 Å². The van der Waals surface area contributed by atoms with Crippen LogP contribution in [0, 0.1) is 0 Å². The molecule has 0 aromatic heterocycles. The first-order valence-electron chi connectivity index (χ1n) is 9.66. The molecule has 0 amide bonds. The molecule has 154 valence electrons. The quantitative estimate of drug-likeness (QED) is 0.656. The summed E-state index contributed by atoms with van der Waals surface area (Å²) in [7, 11) is 3.85. The van der Waals surface area contributed by atoms with Gasteiger partial charge < -0.3 is 24.6 Å². The minimum Gasteiger partial charge on any atom is -0.491 e. The van der Waals surface area contributed by atoms with Gasteiger partial charge in [0.05, 0.1) is 6.10 Å². The van der Waals surface area contributed by atoms with Crippen LogP contribution in [0.1, 0.15) is 31.9 Å². The van der Waals surface area contributed by atoms with Crippen LogP contribution in [0.25, 0.3) is 0 Å². The molecule has 2 aromatic carbocycles. The molecule has 0 fully saturated rings. The fraction of sp³-hybridized carbons (Fsp3) is 0.478. The van der Waals surface area contributed by atoms with Crippen molar-refractivity contribution in [2.24, 2.45) is 0 Å². The van der Waals surface area contributed by atoms with Gasteiger partial charge in [-0.2, -0.15) is 0 Å². The van der Waals surface area contributed by atoms with Gasteiger partial charge in [0.1, 0.15) is 30.8 Å². The van der Waals surface area contributed by atoms with Crippen LogP contribution >= 0.6 is 0 Å². The Hall–Kier alpha value is -2.08. The summed E-state index contributed by atoms with van der Waals surface area (Å²) in [6.45, 7) is 7.18. The highest BCUT2D eigenvalue weighted by Crippen LogP contribution is 2.33. The summed E-state index contributed by atoms with van der Waals surface area (Å²) in [6.07, 6.45) is -0.999. The smallest absolute Gasteiger partial charge is 0.119 e. The van der Waals surface area contributed by atoms with Crippen LogP contribution in [-0.2, 0) is 5.41 Å². The third-order valence-electron chi connectivity index (χ3n) is 4.66. The first-order chi connectivity index (χ1) is 13.2. The van der Waals surface area contributed by atoms with Crippen LogP contribution in [0.15, 0.2) is 48.5 Å². The van der Waals surface area contributed by atoms with Gasteiger partial charge in [0.15, 0.2) is 0 Å². The van der Waals surface area contributed by atoms with E-state index < -0.39 is 12.2 Å². The topological polar surface area (TPSA) is 62.2 Å². The lowest BCUT2D eigenvalue weighted by Gasteiger charge is -2.26. The number of hydrogen-bond acceptors (Lipinski definition) is 5. The number of hydrogen-bond donors (Lipinski definition) is 2. The van der Waals surface area contributed by atoms with Crippen molar-refractivity contribution in [3.8, 4) is 11.5 Å². The highest BCUT2D eigenvalue weighted by Gasteiger charge is 2.23. The average Bonchev–Trinajstić information content (AvgIpc) is 2.65. The van der Waals surface area contributed by atoms with Crippen molar-refractivity contribution in [1.82, 2.24) is 4.90 Å². The van der Waals surface area contributed by atoms with Gasteiger partial charge in [-0.15, -0.1) is 0 Å². The predicted molar refractivity (Wildman–Crippen MR) is 112 cm³/mol. The van der Waals surface area contributed by atoms with Crippen molar-refractivity contribution >= 4 is 0 Å². The molecular formula is C23H33NO4. The first kappa shape index (κ1) is 22.2. The maximum absolute atomic E-state index is 9.91. The van der Waals surface area contributed by atoms with Crippen molar-refractivity contribution < 1.29 is 19.7 Å². The predicted octanol–water partition coefficient (Wildman–Crippen LogP) is 3.07. The second kappa shape index (κ2) is 9.92. The second-order valence-electron chi connectivity index (χ2n) is 8.06. The molecule has 0 spiro atoms. The molecule has 0 aliphatic heterocycles. The summed E-state index contributed by atoms with van der Waals surface area (Å²) in [5.41, 5.74) is 2.17. The van der Waals surface area contributed by atoms with Crippen molar-refractivity contribution in [2.45, 2.75) is 38.4 Å². The van der Waals surface area contributed by atoms with E-state index in [9.17, 15) is 10.2 Å². The number of aliphatic hydroxyl groups excluding tert-OH is 2. The molecule has 2 aromatic rings. The van der Waals surface area contributed by atoms with E-state index >= 15 is 0 Å². The molecule has 2 N–H and O–H groups in total. The van der Waals surface area contributed by atoms with Crippen LogP contribution in [0.3, 0.4) is 0 Å². The fourth-order valence-electron chi connectivity index (χ4n) is 2.99. The largest absolute Gasteiger partial charge is 0.491 e.